The van der Waals surface area contributed by atoms with E-state index >= 15 is 0 Å². The second-order valence-corrected chi connectivity index (χ2v) is 7.58. The monoisotopic (exact) mass is 353 g/mol. The summed E-state index contributed by atoms with van der Waals surface area (Å²) in [6.45, 7) is 4.05. The maximum Gasteiger partial charge on any atom is 0.188 e. The Balaban J connectivity index is 1.37. The zero-order chi connectivity index (χ0) is 17.0. The van der Waals surface area contributed by atoms with Crippen LogP contribution in [0.4, 0.5) is 5.13 Å². The van der Waals surface area contributed by atoms with E-state index in [1.807, 2.05) is 36.9 Å². The number of fused-ring (bicyclic) bond motifs is 2. The van der Waals surface area contributed by atoms with Crippen molar-refractivity contribution in [2.45, 2.75) is 25.7 Å². The summed E-state index contributed by atoms with van der Waals surface area (Å²) in [5.74, 6) is 1.53. The molecule has 128 valence electrons. The minimum absolute atomic E-state index is 0.450. The molecule has 0 N–H and O–H groups in total. The predicted octanol–water partition coefficient (Wildman–Crippen LogP) is 2.76. The van der Waals surface area contributed by atoms with Crippen molar-refractivity contribution in [3.63, 3.8) is 0 Å². The van der Waals surface area contributed by atoms with Gasteiger partial charge in [0.2, 0.25) is 0 Å². The predicted molar refractivity (Wildman–Crippen MR) is 98.3 cm³/mol. The van der Waals surface area contributed by atoms with Gasteiger partial charge in [-0.15, -0.1) is 10.2 Å². The fraction of sp³-hybridized carbons (Fsp3) is 0.412. The second kappa shape index (κ2) is 5.52. The van der Waals surface area contributed by atoms with Crippen LogP contribution in [-0.4, -0.2) is 42.5 Å². The highest BCUT2D eigenvalue weighted by atomic mass is 32.1. The molecule has 4 aromatic rings. The lowest BCUT2D eigenvalue weighted by molar-refractivity contribution is 0.482. The van der Waals surface area contributed by atoms with Crippen molar-refractivity contribution in [3.8, 4) is 0 Å². The Labute approximate surface area is 148 Å². The first-order chi connectivity index (χ1) is 12.2. The molecule has 5 heterocycles. The lowest BCUT2D eigenvalue weighted by Gasteiger charge is -2.30. The van der Waals surface area contributed by atoms with E-state index in [0.717, 1.165) is 53.9 Å². The maximum atomic E-state index is 4.81. The SMILES string of the molecule is Cc1nn(C)c2nc(N3CCC(c4nnc5ccccn45)CC3)sc12. The topological polar surface area (TPSA) is 64.1 Å². The molecule has 5 rings (SSSR count). The minimum Gasteiger partial charge on any atom is -0.348 e. The van der Waals surface area contributed by atoms with Crippen LogP contribution in [0.15, 0.2) is 24.4 Å². The van der Waals surface area contributed by atoms with Crippen molar-refractivity contribution < 1.29 is 0 Å². The van der Waals surface area contributed by atoms with E-state index in [1.165, 1.54) is 4.70 Å². The van der Waals surface area contributed by atoms with Gasteiger partial charge in [0, 0.05) is 32.3 Å². The lowest BCUT2D eigenvalue weighted by Crippen LogP contribution is -2.33. The summed E-state index contributed by atoms with van der Waals surface area (Å²) in [6.07, 6.45) is 4.20. The fourth-order valence-corrected chi connectivity index (χ4v) is 4.76. The molecule has 1 saturated heterocycles. The number of anilines is 1. The van der Waals surface area contributed by atoms with Gasteiger partial charge in [0.05, 0.1) is 10.4 Å². The van der Waals surface area contributed by atoms with Gasteiger partial charge in [-0.1, -0.05) is 17.4 Å². The first-order valence-electron chi connectivity index (χ1n) is 8.55. The summed E-state index contributed by atoms with van der Waals surface area (Å²) in [5.41, 5.74) is 2.98. The summed E-state index contributed by atoms with van der Waals surface area (Å²) in [4.78, 5) is 7.20. The molecule has 0 unspecified atom stereocenters. The summed E-state index contributed by atoms with van der Waals surface area (Å²) >= 11 is 1.75. The van der Waals surface area contributed by atoms with Gasteiger partial charge >= 0.3 is 0 Å². The third-order valence-corrected chi connectivity index (χ3v) is 6.22. The molecule has 1 aliphatic rings. The maximum absolute atomic E-state index is 4.81. The molecule has 0 bridgehead atoms. The number of hydrogen-bond donors (Lipinski definition) is 0. The normalized spacial score (nSPS) is 16.3. The number of aryl methyl sites for hydroxylation is 2. The number of pyridine rings is 1. The Hall–Kier alpha value is -2.48. The van der Waals surface area contributed by atoms with Gasteiger partial charge in [0.15, 0.2) is 16.4 Å². The molecular weight excluding hydrogens is 334 g/mol. The van der Waals surface area contributed by atoms with Crippen molar-refractivity contribution in [2.75, 3.05) is 18.0 Å². The minimum atomic E-state index is 0.450. The molecule has 0 aliphatic carbocycles. The highest BCUT2D eigenvalue weighted by molar-refractivity contribution is 7.22. The van der Waals surface area contributed by atoms with Crippen molar-refractivity contribution in [1.82, 2.24) is 29.4 Å². The molecule has 4 aromatic heterocycles. The van der Waals surface area contributed by atoms with Gasteiger partial charge in [0.1, 0.15) is 5.82 Å². The van der Waals surface area contributed by atoms with E-state index in [0.29, 0.717) is 5.92 Å². The Morgan fingerprint density at radius 2 is 2.00 bits per heavy atom. The zero-order valence-corrected chi connectivity index (χ0v) is 15.1. The number of hydrogen-bond acceptors (Lipinski definition) is 6. The molecule has 0 saturated carbocycles. The number of aromatic nitrogens is 6. The smallest absolute Gasteiger partial charge is 0.188 e. The van der Waals surface area contributed by atoms with Crippen molar-refractivity contribution in [3.05, 3.63) is 35.9 Å². The van der Waals surface area contributed by atoms with Crippen LogP contribution in [0.3, 0.4) is 0 Å². The largest absolute Gasteiger partial charge is 0.348 e. The number of thiazole rings is 1. The molecule has 0 atom stereocenters. The molecule has 8 heteroatoms. The highest BCUT2D eigenvalue weighted by Gasteiger charge is 2.26. The highest BCUT2D eigenvalue weighted by Crippen LogP contribution is 2.35. The van der Waals surface area contributed by atoms with Crippen molar-refractivity contribution in [2.24, 2.45) is 7.05 Å². The molecular formula is C17H19N7S. The lowest BCUT2D eigenvalue weighted by atomic mass is 9.96. The first-order valence-corrected chi connectivity index (χ1v) is 9.37. The molecule has 25 heavy (non-hydrogen) atoms. The Morgan fingerprint density at radius 3 is 2.80 bits per heavy atom. The number of rotatable bonds is 2. The standard InChI is InChI=1S/C17H19N7S/c1-11-14-16(22(2)21-11)18-17(25-14)23-9-6-12(7-10-23)15-20-19-13-5-3-4-8-24(13)15/h3-5,8,12H,6-7,9-10H2,1-2H3. The van der Waals surface area contributed by atoms with Crippen LogP contribution in [0, 0.1) is 6.92 Å². The first kappa shape index (κ1) is 14.8. The Kier molecular flexibility index (Phi) is 3.27. The number of nitrogens with zero attached hydrogens (tertiary/aromatic N) is 7. The van der Waals surface area contributed by atoms with E-state index < -0.39 is 0 Å². The van der Waals surface area contributed by atoms with Gasteiger partial charge in [-0.2, -0.15) is 5.10 Å². The quantitative estimate of drug-likeness (QED) is 0.554. The van der Waals surface area contributed by atoms with Crippen molar-refractivity contribution in [1.29, 1.82) is 0 Å². The molecule has 0 spiro atoms. The second-order valence-electron chi connectivity index (χ2n) is 6.61. The van der Waals surface area contributed by atoms with Gasteiger partial charge < -0.3 is 4.90 Å². The third-order valence-electron chi connectivity index (χ3n) is 5.00. The molecule has 0 aromatic carbocycles. The summed E-state index contributed by atoms with van der Waals surface area (Å²) in [7, 11) is 1.96. The van der Waals surface area contributed by atoms with Crippen LogP contribution in [0.25, 0.3) is 16.0 Å². The van der Waals surface area contributed by atoms with E-state index in [-0.39, 0.29) is 0 Å². The van der Waals surface area contributed by atoms with Crippen LogP contribution in [0.2, 0.25) is 0 Å². The Morgan fingerprint density at radius 1 is 1.16 bits per heavy atom. The summed E-state index contributed by atoms with van der Waals surface area (Å²) < 4.78 is 5.19. The zero-order valence-electron chi connectivity index (χ0n) is 14.3. The van der Waals surface area contributed by atoms with Gasteiger partial charge in [0.25, 0.3) is 0 Å². The van der Waals surface area contributed by atoms with Crippen LogP contribution in [0.5, 0.6) is 0 Å². The molecule has 1 aliphatic heterocycles. The fourth-order valence-electron chi connectivity index (χ4n) is 3.68. The average molecular weight is 353 g/mol. The van der Waals surface area contributed by atoms with Gasteiger partial charge in [-0.25, -0.2) is 9.67 Å². The molecule has 0 amide bonds. The number of piperidine rings is 1. The van der Waals surface area contributed by atoms with Crippen LogP contribution >= 0.6 is 11.3 Å². The van der Waals surface area contributed by atoms with Crippen LogP contribution in [-0.2, 0) is 7.05 Å². The van der Waals surface area contributed by atoms with Crippen molar-refractivity contribution >= 4 is 32.5 Å². The third kappa shape index (κ3) is 2.31. The van der Waals surface area contributed by atoms with E-state index in [9.17, 15) is 0 Å². The average Bonchev–Trinajstić information content (AvgIpc) is 3.32. The van der Waals surface area contributed by atoms with E-state index in [2.05, 4.69) is 30.8 Å². The van der Waals surface area contributed by atoms with Crippen LogP contribution in [0.1, 0.15) is 30.3 Å². The molecule has 7 nitrogen and oxygen atoms in total. The summed E-state index contributed by atoms with van der Waals surface area (Å²) in [6, 6.07) is 6.04. The van der Waals surface area contributed by atoms with Gasteiger partial charge in [-0.3, -0.25) is 4.40 Å². The summed E-state index contributed by atoms with van der Waals surface area (Å²) in [5, 5.41) is 14.3. The Bertz CT molecular complexity index is 1020. The van der Waals surface area contributed by atoms with E-state index in [4.69, 9.17) is 4.98 Å². The van der Waals surface area contributed by atoms with E-state index in [1.54, 1.807) is 11.3 Å². The van der Waals surface area contributed by atoms with Gasteiger partial charge in [-0.05, 0) is 31.9 Å². The van der Waals surface area contributed by atoms with Crippen LogP contribution < -0.4 is 4.90 Å². The molecule has 0 radical (unpaired) electrons. The molecule has 1 fully saturated rings.